The van der Waals surface area contributed by atoms with E-state index in [1.54, 1.807) is 11.1 Å². The van der Waals surface area contributed by atoms with Gasteiger partial charge in [0.15, 0.2) is 0 Å². The highest BCUT2D eigenvalue weighted by Gasteiger charge is 2.49. The van der Waals surface area contributed by atoms with Gasteiger partial charge < -0.3 is 29.7 Å². The van der Waals surface area contributed by atoms with Crippen molar-refractivity contribution in [1.82, 2.24) is 30.1 Å². The maximum atomic E-state index is 14.5. The van der Waals surface area contributed by atoms with Crippen LogP contribution in [0, 0.1) is 6.92 Å². The van der Waals surface area contributed by atoms with Gasteiger partial charge in [0.25, 0.3) is 0 Å². The summed E-state index contributed by atoms with van der Waals surface area (Å²) in [4.78, 5) is 62.0. The third kappa shape index (κ3) is 9.81. The molecular weight excluding hydrogens is 980 g/mol. The van der Waals surface area contributed by atoms with Crippen molar-refractivity contribution in [2.45, 2.75) is 103 Å². The number of hydrogen-bond acceptors (Lipinski definition) is 13. The van der Waals surface area contributed by atoms with E-state index in [2.05, 4.69) is 88.8 Å². The average molecular weight is 1050 g/mol. The number of fused-ring (bicyclic) bond motifs is 2. The number of ether oxygens (including phenoxy) is 1. The summed E-state index contributed by atoms with van der Waals surface area (Å²) >= 11 is 3.69. The Balaban J connectivity index is 0.762. The van der Waals surface area contributed by atoms with Crippen molar-refractivity contribution in [3.63, 3.8) is 0 Å². The molecule has 0 saturated carbocycles. The molecule has 10 rings (SSSR count). The van der Waals surface area contributed by atoms with E-state index >= 15 is 0 Å². The normalized spacial score (nSPS) is 20.6. The van der Waals surface area contributed by atoms with Crippen LogP contribution in [0.25, 0.3) is 10.9 Å². The summed E-state index contributed by atoms with van der Waals surface area (Å²) in [5.41, 5.74) is 7.99. The molecule has 3 amide bonds. The van der Waals surface area contributed by atoms with E-state index in [1.807, 2.05) is 52.0 Å². The van der Waals surface area contributed by atoms with E-state index in [9.17, 15) is 18.9 Å². The fourth-order valence-corrected chi connectivity index (χ4v) is 15.2. The number of aromatic nitrogens is 3. The van der Waals surface area contributed by atoms with Crippen LogP contribution in [0.2, 0.25) is 0 Å². The van der Waals surface area contributed by atoms with Gasteiger partial charge in [-0.15, -0.1) is 0 Å². The van der Waals surface area contributed by atoms with Crippen LogP contribution in [0.1, 0.15) is 88.6 Å². The number of piperidine rings is 2. The van der Waals surface area contributed by atoms with Crippen molar-refractivity contribution in [1.29, 1.82) is 0 Å². The number of nitrogens with one attached hydrogen (secondary N) is 3. The lowest BCUT2D eigenvalue weighted by Crippen LogP contribution is -2.55. The van der Waals surface area contributed by atoms with Crippen molar-refractivity contribution in [3.05, 3.63) is 87.7 Å². The van der Waals surface area contributed by atoms with Crippen LogP contribution >= 0.6 is 23.1 Å². The molecule has 5 aromatic rings. The molecule has 0 spiro atoms. The van der Waals surface area contributed by atoms with Crippen LogP contribution in [0.5, 0.6) is 5.75 Å². The lowest BCUT2D eigenvalue weighted by atomic mass is 9.85. The summed E-state index contributed by atoms with van der Waals surface area (Å²) in [5, 5.41) is 11.3. The second kappa shape index (κ2) is 20.2. The van der Waals surface area contributed by atoms with Gasteiger partial charge in [-0.3, -0.25) is 34.5 Å². The van der Waals surface area contributed by atoms with E-state index in [1.165, 1.54) is 16.8 Å². The summed E-state index contributed by atoms with van der Waals surface area (Å²) in [6.07, 6.45) is 9.56. The number of nitrogens with zero attached hydrogens (tertiary/aromatic N) is 7. The number of piperazine rings is 1. The van der Waals surface area contributed by atoms with Gasteiger partial charge in [-0.2, -0.15) is 4.98 Å². The minimum absolute atomic E-state index is 0.0922. The van der Waals surface area contributed by atoms with Crippen LogP contribution in [-0.4, -0.2) is 119 Å². The maximum Gasteiger partial charge on any atom is 0.249 e. The van der Waals surface area contributed by atoms with Gasteiger partial charge >= 0.3 is 0 Å². The number of carbonyl (C=O) groups is 3. The van der Waals surface area contributed by atoms with Gasteiger partial charge in [0, 0.05) is 111 Å². The van der Waals surface area contributed by atoms with Crippen molar-refractivity contribution >= 4 is 91.5 Å². The van der Waals surface area contributed by atoms with Crippen molar-refractivity contribution in [3.8, 4) is 5.75 Å². The maximum absolute atomic E-state index is 14.5. The third-order valence-corrected chi connectivity index (χ3v) is 19.5. The van der Waals surface area contributed by atoms with Gasteiger partial charge in [-0.1, -0.05) is 25.1 Å². The summed E-state index contributed by atoms with van der Waals surface area (Å²) < 4.78 is 21.5. The number of pyridine rings is 1. The summed E-state index contributed by atoms with van der Waals surface area (Å²) in [6.45, 7) is 17.6. The monoisotopic (exact) mass is 1040 g/mol. The first-order chi connectivity index (χ1) is 34.2. The van der Waals surface area contributed by atoms with E-state index in [0.717, 1.165) is 135 Å². The summed E-state index contributed by atoms with van der Waals surface area (Å²) in [7, 11) is -2.64. The Bertz CT molecular complexity index is 2920. The second-order valence-electron chi connectivity index (χ2n) is 20.4. The van der Waals surface area contributed by atoms with Crippen molar-refractivity contribution < 1.29 is 23.7 Å². The molecule has 0 radical (unpaired) electrons. The van der Waals surface area contributed by atoms with Crippen LogP contribution in [0.15, 0.2) is 65.3 Å². The Labute approximate surface area is 425 Å². The number of imide groups is 1. The molecule has 17 heteroatoms. The van der Waals surface area contributed by atoms with Gasteiger partial charge in [0.05, 0.1) is 33.4 Å². The van der Waals surface area contributed by atoms with E-state index in [4.69, 9.17) is 14.7 Å². The number of amides is 3. The Morgan fingerprint density at radius 2 is 1.65 bits per heavy atom. The van der Waals surface area contributed by atoms with Crippen molar-refractivity contribution in [2.24, 2.45) is 0 Å². The second-order valence-corrected chi connectivity index (χ2v) is 24.4. The molecule has 5 aliphatic heterocycles. The summed E-state index contributed by atoms with van der Waals surface area (Å²) in [5.74, 6) is 0.978. The summed E-state index contributed by atoms with van der Waals surface area (Å²) in [6, 6.07) is 18.5. The highest BCUT2D eigenvalue weighted by molar-refractivity contribution is 9.10. The number of aryl methyl sites for hydroxylation is 2. The first-order valence-electron chi connectivity index (χ1n) is 25.6. The highest BCUT2D eigenvalue weighted by atomic mass is 79.9. The predicted octanol–water partition coefficient (Wildman–Crippen LogP) is 8.58. The molecule has 0 bridgehead atoms. The number of anilines is 6. The van der Waals surface area contributed by atoms with Crippen LogP contribution < -0.4 is 35.8 Å². The Morgan fingerprint density at radius 1 is 0.873 bits per heavy atom. The largest absolute Gasteiger partial charge is 0.492 e. The lowest BCUT2D eigenvalue weighted by Gasteiger charge is -2.43. The molecule has 3 N–H and O–H groups in total. The minimum atomic E-state index is -2.64. The van der Waals surface area contributed by atoms with Gasteiger partial charge in [-0.05, 0) is 136 Å². The smallest absolute Gasteiger partial charge is 0.249 e. The molecule has 374 valence electrons. The van der Waals surface area contributed by atoms with E-state index in [-0.39, 0.29) is 18.2 Å². The molecule has 2 aromatic heterocycles. The Kier molecular flexibility index (Phi) is 14.0. The van der Waals surface area contributed by atoms with Crippen LogP contribution in [0.3, 0.4) is 0 Å². The average Bonchev–Trinajstić information content (AvgIpc) is 3.89. The molecule has 1 unspecified atom stereocenters. The molecular formula is C54H66BrN10O5P. The third-order valence-electron chi connectivity index (χ3n) is 15.5. The molecule has 4 saturated heterocycles. The number of halogens is 1. The topological polar surface area (TPSA) is 165 Å². The lowest BCUT2D eigenvalue weighted by molar-refractivity contribution is -0.136. The Hall–Kier alpha value is -5.41. The molecule has 15 nitrogen and oxygen atoms in total. The highest BCUT2D eigenvalue weighted by Crippen LogP contribution is 2.54. The fourth-order valence-electron chi connectivity index (χ4n) is 11.6. The van der Waals surface area contributed by atoms with E-state index < -0.39 is 24.5 Å². The molecule has 0 aliphatic carbocycles. The fraction of sp³-hybridized carbons (Fsp3) is 0.481. The number of carbonyl (C=O) groups excluding carboxylic acids is 3. The molecule has 4 fully saturated rings. The SMILES string of the molecule is CCOc1cc(N2CCC(N3CCN(CCc4ccc5c(c4)C(C)(C)C(=O)N5C4CCC(=O)NC4=O)CC3)CC2)c(CC)cc1Nc1ncc(Br)c(Nc2ccc3nc(C)ccc3c2P2(=O)CCCC2)n1. The number of benzene rings is 3. The first kappa shape index (κ1) is 49.2. The zero-order valence-electron chi connectivity index (χ0n) is 41.7. The molecule has 7 heterocycles. The van der Waals surface area contributed by atoms with Crippen molar-refractivity contribution in [2.75, 3.05) is 85.2 Å². The molecule has 3 aromatic carbocycles. The Morgan fingerprint density at radius 3 is 2.38 bits per heavy atom. The molecule has 71 heavy (non-hydrogen) atoms. The van der Waals surface area contributed by atoms with Gasteiger partial charge in [0.2, 0.25) is 23.7 Å². The quantitative estimate of drug-likeness (QED) is 0.0716. The standard InChI is InChI=1S/C54H66BrN10O5P/c1-6-36-31-43(59-53-56-33-40(55)50(61-53)58-42-14-13-41-38(12-10-34(3)57-41)49(42)71(69)28-8-9-29-71)47(70-7-2)32-46(36)64-22-19-37(20-23-64)63-26-24-62(25-27-63)21-18-35-11-15-44-39(30-35)54(4,5)52(68)65(44)45-16-17-48(66)60-51(45)67/h10-15,30-33,37,45H,6-9,16-29H2,1-5H3,(H,60,66,67)(H2,56,58,59,61). The molecule has 5 aliphatic rings. The zero-order chi connectivity index (χ0) is 49.6. The zero-order valence-corrected chi connectivity index (χ0v) is 44.1. The van der Waals surface area contributed by atoms with E-state index in [0.29, 0.717) is 47.6 Å². The molecule has 1 atom stereocenters. The number of hydrogen-bond donors (Lipinski definition) is 3. The van der Waals surface area contributed by atoms with Crippen LogP contribution in [0.4, 0.5) is 34.5 Å². The predicted molar refractivity (Wildman–Crippen MR) is 286 cm³/mol. The minimum Gasteiger partial charge on any atom is -0.492 e. The first-order valence-corrected chi connectivity index (χ1v) is 28.5. The number of rotatable bonds is 14. The van der Waals surface area contributed by atoms with Gasteiger partial charge in [0.1, 0.15) is 24.8 Å². The van der Waals surface area contributed by atoms with Crippen LogP contribution in [-0.2, 0) is 37.2 Å². The van der Waals surface area contributed by atoms with Gasteiger partial charge in [-0.25, -0.2) is 4.98 Å².